The first kappa shape index (κ1) is 24.4. The van der Waals surface area contributed by atoms with Gasteiger partial charge in [-0.25, -0.2) is 14.3 Å². The number of aliphatic carboxylic acids is 1. The molecule has 3 heterocycles. The first-order valence-corrected chi connectivity index (χ1v) is 12.3. The molecule has 0 spiro atoms. The molecule has 1 N–H and O–H groups in total. The molecule has 0 aliphatic heterocycles. The Morgan fingerprint density at radius 3 is 2.73 bits per heavy atom. The van der Waals surface area contributed by atoms with Crippen molar-refractivity contribution in [1.82, 2.24) is 35.0 Å². The molecule has 4 aromatic rings. The molecule has 0 radical (unpaired) electrons. The minimum absolute atomic E-state index is 0.124. The summed E-state index contributed by atoms with van der Waals surface area (Å²) < 4.78 is 15.3. The monoisotopic (exact) mass is 503 g/mol. The highest BCUT2D eigenvalue weighted by molar-refractivity contribution is 5.70. The molecule has 0 amide bonds. The number of nitrogens with zero attached hydrogens (tertiary/aromatic N) is 7. The number of pyridine rings is 1. The standard InChI is InChI=1S/C26H29N7O4/c1-17-24(37-21-10-6-7-18(13-21)26(34)35)12-11-22(27-17)25-23(32(2)30-29-25)15-33-14-19(28-31-33)16-36-20-8-4-3-5-9-20/h3-5,8-9,11-12,14,18,21H,6-7,10,13,15-16H2,1-2H3,(H,34,35)/t18-,21-/m0/s1. The first-order chi connectivity index (χ1) is 18.0. The fraction of sp³-hybridized carbons (Fsp3) is 0.385. The first-order valence-electron chi connectivity index (χ1n) is 12.3. The molecule has 11 nitrogen and oxygen atoms in total. The lowest BCUT2D eigenvalue weighted by Gasteiger charge is -2.27. The molecular weight excluding hydrogens is 474 g/mol. The predicted octanol–water partition coefficient (Wildman–Crippen LogP) is 3.43. The maximum Gasteiger partial charge on any atom is 0.306 e. The van der Waals surface area contributed by atoms with Crippen LogP contribution in [0.3, 0.4) is 0 Å². The molecule has 2 atom stereocenters. The molecule has 0 bridgehead atoms. The van der Waals surface area contributed by atoms with Crippen molar-refractivity contribution in [3.8, 4) is 22.9 Å². The topological polar surface area (TPSA) is 130 Å². The van der Waals surface area contributed by atoms with E-state index in [4.69, 9.17) is 14.5 Å². The second-order valence-electron chi connectivity index (χ2n) is 9.24. The Morgan fingerprint density at radius 1 is 1.11 bits per heavy atom. The van der Waals surface area contributed by atoms with Gasteiger partial charge in [-0.05, 0) is 56.9 Å². The quantitative estimate of drug-likeness (QED) is 0.365. The Hall–Kier alpha value is -4.28. The van der Waals surface area contributed by atoms with E-state index < -0.39 is 5.97 Å². The molecule has 5 rings (SSSR count). The fourth-order valence-electron chi connectivity index (χ4n) is 4.52. The van der Waals surface area contributed by atoms with Crippen LogP contribution in [0.1, 0.15) is 42.8 Å². The van der Waals surface area contributed by atoms with Crippen molar-refractivity contribution in [1.29, 1.82) is 0 Å². The van der Waals surface area contributed by atoms with E-state index in [0.717, 1.165) is 24.3 Å². The van der Waals surface area contributed by atoms with Crippen molar-refractivity contribution in [2.75, 3.05) is 0 Å². The second kappa shape index (κ2) is 10.8. The van der Waals surface area contributed by atoms with Crippen LogP contribution in [0.5, 0.6) is 11.5 Å². The third-order valence-corrected chi connectivity index (χ3v) is 6.52. The number of carbonyl (C=O) groups is 1. The number of carboxylic acids is 1. The number of benzene rings is 1. The Bertz CT molecular complexity index is 1370. The van der Waals surface area contributed by atoms with Crippen LogP contribution in [0.2, 0.25) is 0 Å². The highest BCUT2D eigenvalue weighted by atomic mass is 16.5. The summed E-state index contributed by atoms with van der Waals surface area (Å²) in [6.45, 7) is 2.61. The minimum atomic E-state index is -0.753. The molecule has 3 aromatic heterocycles. The molecule has 1 aromatic carbocycles. The summed E-state index contributed by atoms with van der Waals surface area (Å²) in [5, 5.41) is 26.3. The molecule has 11 heteroatoms. The maximum absolute atomic E-state index is 11.4. The number of rotatable bonds is 9. The second-order valence-corrected chi connectivity index (χ2v) is 9.24. The largest absolute Gasteiger partial charge is 0.489 e. The van der Waals surface area contributed by atoms with Gasteiger partial charge >= 0.3 is 5.97 Å². The van der Waals surface area contributed by atoms with Crippen LogP contribution in [0, 0.1) is 12.8 Å². The van der Waals surface area contributed by atoms with Crippen molar-refractivity contribution in [2.24, 2.45) is 13.0 Å². The normalized spacial score (nSPS) is 17.5. The Balaban J connectivity index is 1.27. The van der Waals surface area contributed by atoms with Crippen LogP contribution in [0.25, 0.3) is 11.4 Å². The van der Waals surface area contributed by atoms with Gasteiger partial charge in [0.25, 0.3) is 0 Å². The Morgan fingerprint density at radius 2 is 1.95 bits per heavy atom. The smallest absolute Gasteiger partial charge is 0.306 e. The van der Waals surface area contributed by atoms with E-state index in [1.807, 2.05) is 62.6 Å². The van der Waals surface area contributed by atoms with Gasteiger partial charge in [0.05, 0.1) is 41.8 Å². The number of carboxylic acid groups (broad SMARTS) is 1. The van der Waals surface area contributed by atoms with E-state index in [2.05, 4.69) is 20.6 Å². The average molecular weight is 504 g/mol. The highest BCUT2D eigenvalue weighted by Gasteiger charge is 2.28. The molecule has 1 saturated carbocycles. The zero-order valence-corrected chi connectivity index (χ0v) is 20.8. The van der Waals surface area contributed by atoms with Crippen LogP contribution >= 0.6 is 0 Å². The van der Waals surface area contributed by atoms with Crippen molar-refractivity contribution >= 4 is 5.97 Å². The van der Waals surface area contributed by atoms with E-state index >= 15 is 0 Å². The number of hydrogen-bond acceptors (Lipinski definition) is 8. The lowest BCUT2D eigenvalue weighted by Crippen LogP contribution is -2.29. The number of ether oxygens (including phenoxy) is 2. The molecule has 37 heavy (non-hydrogen) atoms. The highest BCUT2D eigenvalue weighted by Crippen LogP contribution is 2.30. The van der Waals surface area contributed by atoms with Crippen LogP contribution in [0.4, 0.5) is 0 Å². The van der Waals surface area contributed by atoms with Gasteiger partial charge in [-0.15, -0.1) is 10.2 Å². The lowest BCUT2D eigenvalue weighted by molar-refractivity contribution is -0.143. The summed E-state index contributed by atoms with van der Waals surface area (Å²) in [5.74, 6) is 0.325. The van der Waals surface area contributed by atoms with Gasteiger partial charge in [-0.2, -0.15) is 0 Å². The minimum Gasteiger partial charge on any atom is -0.489 e. The van der Waals surface area contributed by atoms with Gasteiger partial charge < -0.3 is 14.6 Å². The summed E-state index contributed by atoms with van der Waals surface area (Å²) in [6.07, 6.45) is 4.62. The van der Waals surface area contributed by atoms with E-state index in [1.54, 1.807) is 9.36 Å². The van der Waals surface area contributed by atoms with Crippen LogP contribution in [0.15, 0.2) is 48.7 Å². The van der Waals surface area contributed by atoms with E-state index in [0.29, 0.717) is 54.5 Å². The van der Waals surface area contributed by atoms with Gasteiger partial charge in [0.2, 0.25) is 0 Å². The van der Waals surface area contributed by atoms with Gasteiger partial charge in [0.15, 0.2) is 0 Å². The molecule has 1 fully saturated rings. The van der Waals surface area contributed by atoms with E-state index in [1.165, 1.54) is 0 Å². The van der Waals surface area contributed by atoms with Crippen molar-refractivity contribution in [2.45, 2.75) is 51.9 Å². The summed E-state index contributed by atoms with van der Waals surface area (Å²) >= 11 is 0. The van der Waals surface area contributed by atoms with E-state index in [-0.39, 0.29) is 12.0 Å². The van der Waals surface area contributed by atoms with Crippen molar-refractivity contribution in [3.63, 3.8) is 0 Å². The molecule has 0 unspecified atom stereocenters. The van der Waals surface area contributed by atoms with Gasteiger partial charge in [0.1, 0.15) is 29.5 Å². The maximum atomic E-state index is 11.4. The number of aromatic nitrogens is 7. The van der Waals surface area contributed by atoms with Crippen molar-refractivity contribution < 1.29 is 19.4 Å². The zero-order chi connectivity index (χ0) is 25.8. The number of para-hydroxylation sites is 1. The van der Waals surface area contributed by atoms with Crippen LogP contribution in [-0.4, -0.2) is 52.2 Å². The number of aryl methyl sites for hydroxylation is 2. The molecule has 0 saturated heterocycles. The third kappa shape index (κ3) is 5.76. The molecular formula is C26H29N7O4. The lowest BCUT2D eigenvalue weighted by atomic mass is 9.87. The van der Waals surface area contributed by atoms with E-state index in [9.17, 15) is 9.90 Å². The van der Waals surface area contributed by atoms with Gasteiger partial charge in [0, 0.05) is 7.05 Å². The third-order valence-electron chi connectivity index (χ3n) is 6.52. The number of hydrogen-bond donors (Lipinski definition) is 1. The zero-order valence-electron chi connectivity index (χ0n) is 20.8. The summed E-state index contributed by atoms with van der Waals surface area (Å²) in [7, 11) is 1.83. The van der Waals surface area contributed by atoms with Crippen LogP contribution < -0.4 is 9.47 Å². The molecule has 1 aliphatic carbocycles. The Kier molecular flexibility index (Phi) is 7.11. The SMILES string of the molecule is Cc1nc(-c2nnn(C)c2Cn2cc(COc3ccccc3)nn2)ccc1O[C@H]1CCC[C@H](C(=O)O)C1. The fourth-order valence-corrected chi connectivity index (χ4v) is 4.52. The van der Waals surface area contributed by atoms with Crippen LogP contribution in [-0.2, 0) is 25.0 Å². The summed E-state index contributed by atoms with van der Waals surface area (Å²) in [6, 6.07) is 13.3. The van der Waals surface area contributed by atoms with Gasteiger partial charge in [-0.3, -0.25) is 4.79 Å². The van der Waals surface area contributed by atoms with Crippen molar-refractivity contribution in [3.05, 3.63) is 65.7 Å². The average Bonchev–Trinajstić information content (AvgIpc) is 3.51. The molecule has 1 aliphatic rings. The van der Waals surface area contributed by atoms with Gasteiger partial charge in [-0.1, -0.05) is 28.6 Å². The predicted molar refractivity (Wildman–Crippen MR) is 133 cm³/mol. The molecule has 192 valence electrons. The summed E-state index contributed by atoms with van der Waals surface area (Å²) in [4.78, 5) is 16.1. The Labute approximate surface area is 214 Å². The summed E-state index contributed by atoms with van der Waals surface area (Å²) in [5.41, 5.74) is 3.58.